The molecule has 3 aliphatic carbocycles. The first-order chi connectivity index (χ1) is 37.7. The Morgan fingerprint density at radius 2 is 0.750 bits per heavy atom. The van der Waals surface area contributed by atoms with E-state index in [1.807, 2.05) is 0 Å². The minimum atomic E-state index is -0.615. The highest BCUT2D eigenvalue weighted by molar-refractivity contribution is 6.06. The van der Waals surface area contributed by atoms with Gasteiger partial charge in [0.25, 0.3) is 0 Å². The van der Waals surface area contributed by atoms with Gasteiger partial charge in [0.1, 0.15) is 0 Å². The molecule has 1 spiro atoms. The lowest BCUT2D eigenvalue weighted by atomic mass is 9.65. The topological polar surface area (TPSA) is 6.48 Å². The molecule has 2 heteroatoms. The van der Waals surface area contributed by atoms with Gasteiger partial charge in [-0.25, -0.2) is 0 Å². The van der Waals surface area contributed by atoms with E-state index in [1.165, 1.54) is 111 Å². The van der Waals surface area contributed by atoms with Gasteiger partial charge in [-0.2, -0.15) is 0 Å². The summed E-state index contributed by atoms with van der Waals surface area (Å²) < 4.78 is 0. The van der Waals surface area contributed by atoms with E-state index >= 15 is 0 Å². The average Bonchev–Trinajstić information content (AvgIpc) is 4.14. The van der Waals surface area contributed by atoms with Crippen molar-refractivity contribution in [3.63, 3.8) is 0 Å². The molecule has 0 saturated heterocycles. The van der Waals surface area contributed by atoms with E-state index in [-0.39, 0.29) is 0 Å². The lowest BCUT2D eigenvalue weighted by molar-refractivity contribution is 0.775. The van der Waals surface area contributed by atoms with E-state index < -0.39 is 5.41 Å². The fourth-order valence-electron chi connectivity index (χ4n) is 13.7. The highest BCUT2D eigenvalue weighted by Crippen LogP contribution is 2.64. The van der Waals surface area contributed by atoms with Gasteiger partial charge >= 0.3 is 0 Å². The summed E-state index contributed by atoms with van der Waals surface area (Å²) >= 11 is 0. The maximum absolute atomic E-state index is 2.50. The number of anilines is 6. The summed E-state index contributed by atoms with van der Waals surface area (Å²) in [6.45, 7) is 0. The maximum Gasteiger partial charge on any atom is 0.0725 e. The molecule has 1 atom stereocenters. The van der Waals surface area contributed by atoms with Crippen LogP contribution in [0.15, 0.2) is 279 Å². The van der Waals surface area contributed by atoms with Gasteiger partial charge in [0, 0.05) is 33.9 Å². The summed E-state index contributed by atoms with van der Waals surface area (Å²) in [5.41, 5.74) is 31.7. The van der Waals surface area contributed by atoms with Crippen molar-refractivity contribution in [1.82, 2.24) is 0 Å². The zero-order chi connectivity index (χ0) is 49.9. The lowest BCUT2D eigenvalue weighted by Gasteiger charge is -2.36. The molecular weight excluding hydrogens is 917 g/mol. The van der Waals surface area contributed by atoms with Crippen LogP contribution in [0.1, 0.15) is 33.4 Å². The molecule has 0 aromatic heterocycles. The van der Waals surface area contributed by atoms with Gasteiger partial charge in [-0.15, -0.1) is 0 Å². The van der Waals surface area contributed by atoms with Gasteiger partial charge in [-0.1, -0.05) is 218 Å². The van der Waals surface area contributed by atoms with Crippen molar-refractivity contribution < 1.29 is 0 Å². The second-order valence-electron chi connectivity index (χ2n) is 20.7. The van der Waals surface area contributed by atoms with Crippen molar-refractivity contribution in [3.8, 4) is 77.9 Å². The average molecular weight is 965 g/mol. The van der Waals surface area contributed by atoms with Crippen LogP contribution in [0.4, 0.5) is 34.1 Å². The molecule has 0 saturated carbocycles. The zero-order valence-electron chi connectivity index (χ0n) is 41.7. The van der Waals surface area contributed by atoms with Gasteiger partial charge in [0.15, 0.2) is 0 Å². The van der Waals surface area contributed by atoms with Gasteiger partial charge in [-0.05, 0) is 167 Å². The molecule has 1 unspecified atom stereocenters. The van der Waals surface area contributed by atoms with Crippen LogP contribution < -0.4 is 9.80 Å². The van der Waals surface area contributed by atoms with Crippen molar-refractivity contribution in [1.29, 1.82) is 0 Å². The van der Waals surface area contributed by atoms with Crippen LogP contribution in [-0.4, -0.2) is 0 Å². The van der Waals surface area contributed by atoms with E-state index in [0.717, 1.165) is 40.5 Å². The molecule has 0 N–H and O–H groups in total. The lowest BCUT2D eigenvalue weighted by Crippen LogP contribution is -2.29. The Bertz CT molecular complexity index is 4320. The van der Waals surface area contributed by atoms with Crippen LogP contribution >= 0.6 is 0 Å². The second kappa shape index (κ2) is 16.6. The molecule has 1 aliphatic heterocycles. The summed E-state index contributed by atoms with van der Waals surface area (Å²) in [5.74, 6) is 0. The molecule has 0 fully saturated rings. The molecule has 12 aromatic rings. The zero-order valence-corrected chi connectivity index (χ0v) is 41.7. The van der Waals surface area contributed by atoms with Gasteiger partial charge in [-0.3, -0.25) is 0 Å². The number of nitrogens with zero attached hydrogens (tertiary/aromatic N) is 2. The Morgan fingerprint density at radius 3 is 1.47 bits per heavy atom. The summed E-state index contributed by atoms with van der Waals surface area (Å²) in [4.78, 5) is 4.91. The fourth-order valence-corrected chi connectivity index (χ4v) is 13.7. The third-order valence-corrected chi connectivity index (χ3v) is 16.8. The van der Waals surface area contributed by atoms with Crippen molar-refractivity contribution in [2.75, 3.05) is 9.80 Å². The third kappa shape index (κ3) is 6.10. The minimum Gasteiger partial charge on any atom is -0.310 e. The van der Waals surface area contributed by atoms with E-state index in [4.69, 9.17) is 0 Å². The van der Waals surface area contributed by atoms with Crippen LogP contribution in [0.25, 0.3) is 77.9 Å². The third-order valence-electron chi connectivity index (χ3n) is 16.8. The van der Waals surface area contributed by atoms with Gasteiger partial charge < -0.3 is 9.80 Å². The van der Waals surface area contributed by atoms with Crippen LogP contribution in [-0.2, 0) is 11.8 Å². The first-order valence-electron chi connectivity index (χ1n) is 26.5. The molecule has 1 heterocycles. The molecular formula is C74H48N2. The first kappa shape index (κ1) is 42.7. The van der Waals surface area contributed by atoms with Gasteiger partial charge in [0.2, 0.25) is 0 Å². The number of rotatable bonds is 5. The van der Waals surface area contributed by atoms with E-state index in [1.54, 1.807) is 0 Å². The predicted molar refractivity (Wildman–Crippen MR) is 316 cm³/mol. The second-order valence-corrected chi connectivity index (χ2v) is 20.7. The first-order valence-corrected chi connectivity index (χ1v) is 26.5. The monoisotopic (exact) mass is 964 g/mol. The molecule has 12 aromatic carbocycles. The highest BCUT2D eigenvalue weighted by Gasteiger charge is 2.51. The van der Waals surface area contributed by atoms with E-state index in [9.17, 15) is 0 Å². The highest BCUT2D eigenvalue weighted by atomic mass is 15.2. The van der Waals surface area contributed by atoms with E-state index in [2.05, 4.69) is 289 Å². The Labute approximate surface area is 443 Å². The predicted octanol–water partition coefficient (Wildman–Crippen LogP) is 19.5. The van der Waals surface area contributed by atoms with Crippen LogP contribution in [0.2, 0.25) is 0 Å². The number of benzene rings is 12. The number of hydrogen-bond acceptors (Lipinski definition) is 2. The SMILES string of the molecule is c1ccc(-c2ccc(N(c3ccc4c(c3)-c3ccccc3N(c3ccccc3)c3ccccc3-4)c3ccc4c(c3)-c3ccccc3-c3ccccc3C43c4ccccc4-c4c3ccc3c4-c4ccccc4C3)cc2)cc1. The Morgan fingerprint density at radius 1 is 0.276 bits per heavy atom. The molecule has 76 heavy (non-hydrogen) atoms. The van der Waals surface area contributed by atoms with Crippen molar-refractivity contribution >= 4 is 34.1 Å². The number of para-hydroxylation sites is 3. The summed E-state index contributed by atoms with van der Waals surface area (Å²) in [6, 6.07) is 105. The molecule has 4 aliphatic rings. The Hall–Kier alpha value is -9.76. The molecule has 0 bridgehead atoms. The molecule has 0 amide bonds. The summed E-state index contributed by atoms with van der Waals surface area (Å²) in [7, 11) is 0. The smallest absolute Gasteiger partial charge is 0.0725 e. The summed E-state index contributed by atoms with van der Waals surface area (Å²) in [6.07, 6.45) is 0.949. The molecule has 16 rings (SSSR count). The standard InChI is InChI=1S/C74H48N2/c1-3-19-48(20-4-1)49-35-38-53(39-36-49)75(54-40-42-59-61-28-13-17-33-70(61)76(52-22-5-2-6-23-52)71-34-18-14-29-62(71)64(59)46-54)55-41-44-68-65(47-55)58-26-10-9-25-57(58)60-27-11-15-31-66(60)74(68)67-32-16-12-30-63(67)73-69(74)43-37-51-45-50-21-7-8-24-56(50)72(51)73/h1-44,46-47H,45H2. The van der Waals surface area contributed by atoms with E-state index in [0.29, 0.717) is 0 Å². The van der Waals surface area contributed by atoms with Crippen molar-refractivity contribution in [2.45, 2.75) is 11.8 Å². The number of fused-ring (bicyclic) bond motifs is 21. The number of hydrogen-bond donors (Lipinski definition) is 0. The molecule has 354 valence electrons. The quantitative estimate of drug-likeness (QED) is 0.170. The van der Waals surface area contributed by atoms with Crippen LogP contribution in [0, 0.1) is 0 Å². The Balaban J connectivity index is 0.962. The fraction of sp³-hybridized carbons (Fsp3) is 0.0270. The minimum absolute atomic E-state index is 0.615. The van der Waals surface area contributed by atoms with Crippen molar-refractivity contribution in [2.24, 2.45) is 0 Å². The van der Waals surface area contributed by atoms with Gasteiger partial charge in [0.05, 0.1) is 16.8 Å². The maximum atomic E-state index is 2.50. The molecule has 0 radical (unpaired) electrons. The largest absolute Gasteiger partial charge is 0.310 e. The van der Waals surface area contributed by atoms with Crippen molar-refractivity contribution in [3.05, 3.63) is 312 Å². The summed E-state index contributed by atoms with van der Waals surface area (Å²) in [5, 5.41) is 0. The normalized spacial score (nSPS) is 14.6. The Kier molecular flexibility index (Phi) is 9.35. The van der Waals surface area contributed by atoms with Crippen LogP contribution in [0.3, 0.4) is 0 Å². The molecule has 2 nitrogen and oxygen atoms in total. The van der Waals surface area contributed by atoms with Crippen LogP contribution in [0.5, 0.6) is 0 Å².